The summed E-state index contributed by atoms with van der Waals surface area (Å²) in [5.74, 6) is 1.86. The molecule has 0 aliphatic carbocycles. The largest absolute Gasteiger partial charge is 0.496 e. The van der Waals surface area contributed by atoms with Gasteiger partial charge in [-0.05, 0) is 50.1 Å². The van der Waals surface area contributed by atoms with E-state index in [-0.39, 0.29) is 18.7 Å². The Bertz CT molecular complexity index is 1330. The summed E-state index contributed by atoms with van der Waals surface area (Å²) in [6, 6.07) is 9.54. The van der Waals surface area contributed by atoms with Crippen LogP contribution in [0.25, 0.3) is 22.3 Å². The van der Waals surface area contributed by atoms with Gasteiger partial charge in [0.1, 0.15) is 11.6 Å². The molecule has 0 radical (unpaired) electrons. The van der Waals surface area contributed by atoms with Crippen molar-refractivity contribution in [1.29, 1.82) is 0 Å². The van der Waals surface area contributed by atoms with Gasteiger partial charge < -0.3 is 24.4 Å². The van der Waals surface area contributed by atoms with Gasteiger partial charge in [-0.2, -0.15) is 23.1 Å². The fraction of sp³-hybridized carbons (Fsp3) is 0.536. The van der Waals surface area contributed by atoms with Crippen molar-refractivity contribution in [2.24, 2.45) is 0 Å². The molecular weight excluding hydrogens is 525 g/mol. The number of fused-ring (bicyclic) bond motifs is 1. The summed E-state index contributed by atoms with van der Waals surface area (Å²) in [5.41, 5.74) is 2.70. The predicted molar refractivity (Wildman–Crippen MR) is 147 cm³/mol. The molecule has 216 valence electrons. The summed E-state index contributed by atoms with van der Waals surface area (Å²) in [7, 11) is 3.46. The van der Waals surface area contributed by atoms with Crippen LogP contribution in [-0.4, -0.2) is 96.8 Å². The Labute approximate surface area is 231 Å². The standard InChI is InChI=1S/C28H35F3N6O3/c1-18-16-40-13-12-37(18)26-22-5-6-23(19-4-7-24(39-3)20(14-19)15-38)32-25(22)33-27(34-26)35(2)21-8-10-36(11-9-21)17-28(29,30)31/h4-7,14,18,21,38H,8-13,15-17H2,1-3H3/t18-/m0/s1. The first-order chi connectivity index (χ1) is 19.2. The van der Waals surface area contributed by atoms with Crippen LogP contribution in [0.1, 0.15) is 25.3 Å². The van der Waals surface area contributed by atoms with E-state index in [4.69, 9.17) is 24.4 Å². The van der Waals surface area contributed by atoms with Gasteiger partial charge in [-0.15, -0.1) is 0 Å². The number of pyridine rings is 1. The second-order valence-corrected chi connectivity index (χ2v) is 10.5. The zero-order valence-corrected chi connectivity index (χ0v) is 23.0. The van der Waals surface area contributed by atoms with Gasteiger partial charge in [0.2, 0.25) is 5.95 Å². The molecule has 2 aliphatic heterocycles. The van der Waals surface area contributed by atoms with Crippen molar-refractivity contribution in [2.45, 2.75) is 44.6 Å². The Balaban J connectivity index is 1.50. The van der Waals surface area contributed by atoms with E-state index in [1.54, 1.807) is 13.2 Å². The second kappa shape index (κ2) is 11.7. The average Bonchev–Trinajstić information content (AvgIpc) is 2.95. The zero-order chi connectivity index (χ0) is 28.4. The van der Waals surface area contributed by atoms with E-state index in [1.807, 2.05) is 36.2 Å². The summed E-state index contributed by atoms with van der Waals surface area (Å²) in [6.45, 7) is 3.60. The van der Waals surface area contributed by atoms with Crippen molar-refractivity contribution in [1.82, 2.24) is 19.9 Å². The van der Waals surface area contributed by atoms with E-state index in [9.17, 15) is 18.3 Å². The lowest BCUT2D eigenvalue weighted by Crippen LogP contribution is -2.47. The fourth-order valence-electron chi connectivity index (χ4n) is 5.51. The van der Waals surface area contributed by atoms with Crippen molar-refractivity contribution in [3.63, 3.8) is 0 Å². The monoisotopic (exact) mass is 560 g/mol. The molecule has 2 aromatic heterocycles. The number of halogens is 3. The third kappa shape index (κ3) is 6.08. The number of alkyl halides is 3. The number of nitrogens with zero attached hydrogens (tertiary/aromatic N) is 6. The van der Waals surface area contributed by atoms with Crippen molar-refractivity contribution in [3.8, 4) is 17.0 Å². The van der Waals surface area contributed by atoms with Gasteiger partial charge in [0.05, 0.1) is 50.6 Å². The smallest absolute Gasteiger partial charge is 0.401 e. The number of benzene rings is 1. The molecule has 1 aromatic carbocycles. The predicted octanol–water partition coefficient (Wildman–Crippen LogP) is 3.88. The van der Waals surface area contributed by atoms with Crippen LogP contribution in [0.2, 0.25) is 0 Å². The van der Waals surface area contributed by atoms with Crippen molar-refractivity contribution in [3.05, 3.63) is 35.9 Å². The highest BCUT2D eigenvalue weighted by Crippen LogP contribution is 2.33. The van der Waals surface area contributed by atoms with Crippen LogP contribution in [0, 0.1) is 0 Å². The maximum absolute atomic E-state index is 12.9. The summed E-state index contributed by atoms with van der Waals surface area (Å²) in [5, 5.41) is 10.6. The summed E-state index contributed by atoms with van der Waals surface area (Å²) in [6.07, 6.45) is -3.03. The maximum Gasteiger partial charge on any atom is 0.401 e. The topological polar surface area (TPSA) is 87.1 Å². The molecule has 0 amide bonds. The van der Waals surface area contributed by atoms with E-state index in [2.05, 4.69) is 11.8 Å². The lowest BCUT2D eigenvalue weighted by molar-refractivity contribution is -0.147. The van der Waals surface area contributed by atoms with Gasteiger partial charge in [0.15, 0.2) is 5.65 Å². The van der Waals surface area contributed by atoms with Crippen LogP contribution in [0.15, 0.2) is 30.3 Å². The van der Waals surface area contributed by atoms with Gasteiger partial charge in [-0.3, -0.25) is 4.90 Å². The van der Waals surface area contributed by atoms with Crippen LogP contribution in [0.4, 0.5) is 24.9 Å². The van der Waals surface area contributed by atoms with E-state index >= 15 is 0 Å². The van der Waals surface area contributed by atoms with Gasteiger partial charge >= 0.3 is 6.18 Å². The van der Waals surface area contributed by atoms with Crippen LogP contribution >= 0.6 is 0 Å². The quantitative estimate of drug-likeness (QED) is 0.463. The number of hydrogen-bond donors (Lipinski definition) is 1. The SMILES string of the molecule is COc1ccc(-c2ccc3c(N4CCOC[C@@H]4C)nc(N(C)C4CCN(CC(F)(F)F)CC4)nc3n2)cc1CO. The van der Waals surface area contributed by atoms with Crippen LogP contribution in [0.5, 0.6) is 5.75 Å². The molecular formula is C28H35F3N6O3. The number of morpholine rings is 1. The van der Waals surface area contributed by atoms with E-state index in [0.29, 0.717) is 74.3 Å². The Hall–Kier alpha value is -3.22. The summed E-state index contributed by atoms with van der Waals surface area (Å²) >= 11 is 0. The molecule has 0 spiro atoms. The number of likely N-dealkylation sites (tertiary alicyclic amines) is 1. The molecule has 2 saturated heterocycles. The number of aliphatic hydroxyl groups excluding tert-OH is 1. The minimum atomic E-state index is -4.20. The molecule has 1 N–H and O–H groups in total. The number of hydrogen-bond acceptors (Lipinski definition) is 9. The number of methoxy groups -OCH3 is 1. The molecule has 9 nitrogen and oxygen atoms in total. The van der Waals surface area contributed by atoms with Crippen molar-refractivity contribution >= 4 is 22.8 Å². The van der Waals surface area contributed by atoms with Gasteiger partial charge in [-0.1, -0.05) is 0 Å². The first-order valence-electron chi connectivity index (χ1n) is 13.5. The molecule has 0 saturated carbocycles. The molecule has 1 atom stereocenters. The Morgan fingerprint density at radius 2 is 1.88 bits per heavy atom. The van der Waals surface area contributed by atoms with Crippen LogP contribution in [-0.2, 0) is 11.3 Å². The molecule has 40 heavy (non-hydrogen) atoms. The maximum atomic E-state index is 12.9. The molecule has 4 heterocycles. The van der Waals surface area contributed by atoms with E-state index < -0.39 is 12.7 Å². The molecule has 5 rings (SSSR count). The van der Waals surface area contributed by atoms with Crippen LogP contribution < -0.4 is 14.5 Å². The third-order valence-corrected chi connectivity index (χ3v) is 7.74. The molecule has 2 aliphatic rings. The van der Waals surface area contributed by atoms with Crippen molar-refractivity contribution in [2.75, 3.05) is 63.4 Å². The number of anilines is 2. The summed E-state index contributed by atoms with van der Waals surface area (Å²) < 4.78 is 49.7. The molecule has 2 fully saturated rings. The van der Waals surface area contributed by atoms with E-state index in [0.717, 1.165) is 16.8 Å². The number of ether oxygens (including phenoxy) is 2. The Morgan fingerprint density at radius 1 is 1.10 bits per heavy atom. The first kappa shape index (κ1) is 28.3. The highest BCUT2D eigenvalue weighted by molar-refractivity contribution is 5.90. The molecule has 0 unspecified atom stereocenters. The molecule has 3 aromatic rings. The van der Waals surface area contributed by atoms with Gasteiger partial charge in [0, 0.05) is 43.9 Å². The number of aromatic nitrogens is 3. The van der Waals surface area contributed by atoms with Gasteiger partial charge in [0.25, 0.3) is 0 Å². The van der Waals surface area contributed by atoms with Crippen LogP contribution in [0.3, 0.4) is 0 Å². The van der Waals surface area contributed by atoms with E-state index in [1.165, 1.54) is 4.90 Å². The Kier molecular flexibility index (Phi) is 8.29. The number of rotatable bonds is 7. The lowest BCUT2D eigenvalue weighted by Gasteiger charge is -2.38. The molecule has 12 heteroatoms. The number of piperidine rings is 1. The second-order valence-electron chi connectivity index (χ2n) is 10.5. The Morgan fingerprint density at radius 3 is 2.55 bits per heavy atom. The van der Waals surface area contributed by atoms with Crippen molar-refractivity contribution < 1.29 is 27.8 Å². The van der Waals surface area contributed by atoms with Gasteiger partial charge in [-0.25, -0.2) is 4.98 Å². The normalized spacial score (nSPS) is 19.3. The minimum absolute atomic E-state index is 0.00813. The number of aliphatic hydroxyl groups is 1. The molecule has 0 bridgehead atoms. The fourth-order valence-corrected chi connectivity index (χ4v) is 5.51. The first-order valence-corrected chi connectivity index (χ1v) is 13.5. The zero-order valence-electron chi connectivity index (χ0n) is 23.0. The lowest BCUT2D eigenvalue weighted by atomic mass is 10.0. The summed E-state index contributed by atoms with van der Waals surface area (Å²) in [4.78, 5) is 20.4. The third-order valence-electron chi connectivity index (χ3n) is 7.74. The minimum Gasteiger partial charge on any atom is -0.496 e. The average molecular weight is 561 g/mol. The highest BCUT2D eigenvalue weighted by Gasteiger charge is 2.34. The highest BCUT2D eigenvalue weighted by atomic mass is 19.4.